The van der Waals surface area contributed by atoms with Crippen molar-refractivity contribution in [2.24, 2.45) is 0 Å². The minimum absolute atomic E-state index is 0.0627. The lowest BCUT2D eigenvalue weighted by atomic mass is 10.1. The van der Waals surface area contributed by atoms with Crippen LogP contribution >= 0.6 is 0 Å². The predicted molar refractivity (Wildman–Crippen MR) is 94.7 cm³/mol. The molecule has 3 aromatic rings. The zero-order chi connectivity index (χ0) is 17.1. The number of benzene rings is 2. The highest BCUT2D eigenvalue weighted by Crippen LogP contribution is 2.23. The zero-order valence-corrected chi connectivity index (χ0v) is 13.7. The minimum Gasteiger partial charge on any atom is -0.488 e. The van der Waals surface area contributed by atoms with Crippen LogP contribution in [0.4, 0.5) is 5.69 Å². The van der Waals surface area contributed by atoms with Gasteiger partial charge < -0.3 is 14.8 Å². The second-order valence-electron chi connectivity index (χ2n) is 6.11. The third-order valence-corrected chi connectivity index (χ3v) is 4.23. The third kappa shape index (κ3) is 3.64. The molecule has 1 aliphatic rings. The summed E-state index contributed by atoms with van der Waals surface area (Å²) < 4.78 is 11.3. The molecule has 2 aromatic carbocycles. The van der Waals surface area contributed by atoms with Crippen LogP contribution in [0.25, 0.3) is 10.9 Å². The highest BCUT2D eigenvalue weighted by Gasteiger charge is 2.19. The van der Waals surface area contributed by atoms with E-state index in [1.807, 2.05) is 42.5 Å². The fourth-order valence-corrected chi connectivity index (χ4v) is 2.95. The van der Waals surface area contributed by atoms with Gasteiger partial charge in [0.2, 0.25) is 5.91 Å². The monoisotopic (exact) mass is 337 g/mol. The van der Waals surface area contributed by atoms with Gasteiger partial charge in [0.15, 0.2) is 0 Å². The Morgan fingerprint density at radius 2 is 2.24 bits per heavy atom. The molecule has 1 aliphatic heterocycles. The van der Waals surface area contributed by atoms with Crippen LogP contribution in [0.5, 0.6) is 5.75 Å². The van der Waals surface area contributed by atoms with Gasteiger partial charge in [0.25, 0.3) is 0 Å². The lowest BCUT2D eigenvalue weighted by molar-refractivity contribution is -0.115. The largest absolute Gasteiger partial charge is 0.488 e. The number of H-pyrrole nitrogens is 1. The number of amides is 1. The SMILES string of the molecule is O=C(Cc1ccccc1OC1CCOC1)Nc1ccc2[nH]ncc2c1. The van der Waals surface area contributed by atoms with Gasteiger partial charge in [0.05, 0.1) is 31.3 Å². The number of aromatic amines is 1. The molecule has 0 radical (unpaired) electrons. The quantitative estimate of drug-likeness (QED) is 0.750. The van der Waals surface area contributed by atoms with E-state index in [0.717, 1.165) is 40.9 Å². The lowest BCUT2D eigenvalue weighted by Crippen LogP contribution is -2.19. The van der Waals surface area contributed by atoms with E-state index in [0.29, 0.717) is 6.61 Å². The smallest absolute Gasteiger partial charge is 0.228 e. The summed E-state index contributed by atoms with van der Waals surface area (Å²) in [6.07, 6.45) is 2.93. The Hall–Kier alpha value is -2.86. The van der Waals surface area contributed by atoms with Crippen molar-refractivity contribution >= 4 is 22.5 Å². The molecule has 0 spiro atoms. The molecule has 6 heteroatoms. The van der Waals surface area contributed by atoms with Crippen LogP contribution in [0.1, 0.15) is 12.0 Å². The van der Waals surface area contributed by atoms with E-state index in [4.69, 9.17) is 9.47 Å². The lowest BCUT2D eigenvalue weighted by Gasteiger charge is -2.15. The van der Waals surface area contributed by atoms with Crippen LogP contribution in [-0.2, 0) is 16.0 Å². The van der Waals surface area contributed by atoms with E-state index >= 15 is 0 Å². The Morgan fingerprint density at radius 3 is 3.12 bits per heavy atom. The van der Waals surface area contributed by atoms with Crippen LogP contribution in [0.15, 0.2) is 48.7 Å². The number of nitrogens with one attached hydrogen (secondary N) is 2. The van der Waals surface area contributed by atoms with E-state index in [9.17, 15) is 4.79 Å². The first-order chi connectivity index (χ1) is 12.3. The van der Waals surface area contributed by atoms with Crippen molar-refractivity contribution in [3.05, 3.63) is 54.2 Å². The number of hydrogen-bond donors (Lipinski definition) is 2. The molecule has 1 amide bonds. The number of rotatable bonds is 5. The molecule has 2 N–H and O–H groups in total. The van der Waals surface area contributed by atoms with Crippen molar-refractivity contribution in [1.29, 1.82) is 0 Å². The first-order valence-corrected chi connectivity index (χ1v) is 8.33. The molecule has 0 bridgehead atoms. The number of aromatic nitrogens is 2. The van der Waals surface area contributed by atoms with Gasteiger partial charge in [-0.05, 0) is 24.3 Å². The summed E-state index contributed by atoms with van der Waals surface area (Å²) in [6, 6.07) is 13.3. The average molecular weight is 337 g/mol. The van der Waals surface area contributed by atoms with Crippen molar-refractivity contribution < 1.29 is 14.3 Å². The molecular formula is C19H19N3O3. The molecule has 1 atom stereocenters. The molecule has 1 aromatic heterocycles. The Labute approximate surface area is 145 Å². The maximum atomic E-state index is 12.4. The maximum Gasteiger partial charge on any atom is 0.228 e. The summed E-state index contributed by atoms with van der Waals surface area (Å²) in [7, 11) is 0. The highest BCUT2D eigenvalue weighted by atomic mass is 16.5. The summed E-state index contributed by atoms with van der Waals surface area (Å²) in [6.45, 7) is 1.33. The summed E-state index contributed by atoms with van der Waals surface area (Å²) in [5, 5.41) is 10.8. The second-order valence-corrected chi connectivity index (χ2v) is 6.11. The van der Waals surface area contributed by atoms with Crippen LogP contribution in [0.3, 0.4) is 0 Å². The summed E-state index contributed by atoms with van der Waals surface area (Å²) in [4.78, 5) is 12.4. The van der Waals surface area contributed by atoms with Crippen molar-refractivity contribution in [3.63, 3.8) is 0 Å². The Balaban J connectivity index is 1.44. The molecule has 1 unspecified atom stereocenters. The standard InChI is InChI=1S/C19H19N3O3/c23-19(21-15-5-6-17-14(9-15)11-20-22-17)10-13-3-1-2-4-18(13)25-16-7-8-24-12-16/h1-6,9,11,16H,7-8,10,12H2,(H,20,22)(H,21,23). The third-order valence-electron chi connectivity index (χ3n) is 4.23. The van der Waals surface area contributed by atoms with Crippen molar-refractivity contribution in [2.45, 2.75) is 18.9 Å². The number of fused-ring (bicyclic) bond motifs is 1. The number of hydrogen-bond acceptors (Lipinski definition) is 4. The van der Waals surface area contributed by atoms with Gasteiger partial charge in [-0.25, -0.2) is 0 Å². The Kier molecular flexibility index (Phi) is 4.35. The van der Waals surface area contributed by atoms with E-state index in [1.165, 1.54) is 0 Å². The molecule has 0 saturated carbocycles. The first-order valence-electron chi connectivity index (χ1n) is 8.33. The van der Waals surface area contributed by atoms with Crippen LogP contribution in [-0.4, -0.2) is 35.4 Å². The molecule has 25 heavy (non-hydrogen) atoms. The molecule has 6 nitrogen and oxygen atoms in total. The average Bonchev–Trinajstić information content (AvgIpc) is 3.27. The normalized spacial score (nSPS) is 16.9. The van der Waals surface area contributed by atoms with Gasteiger partial charge in [-0.3, -0.25) is 9.89 Å². The van der Waals surface area contributed by atoms with Crippen LogP contribution < -0.4 is 10.1 Å². The molecule has 1 fully saturated rings. The summed E-state index contributed by atoms with van der Waals surface area (Å²) in [5.74, 6) is 0.667. The number of para-hydroxylation sites is 1. The van der Waals surface area contributed by atoms with E-state index < -0.39 is 0 Å². The van der Waals surface area contributed by atoms with Gasteiger partial charge in [-0.15, -0.1) is 0 Å². The van der Waals surface area contributed by atoms with Gasteiger partial charge in [0, 0.05) is 23.1 Å². The highest BCUT2D eigenvalue weighted by molar-refractivity contribution is 5.94. The minimum atomic E-state index is -0.0819. The van der Waals surface area contributed by atoms with Crippen molar-refractivity contribution in [1.82, 2.24) is 10.2 Å². The molecule has 0 aliphatic carbocycles. The zero-order valence-electron chi connectivity index (χ0n) is 13.7. The number of nitrogens with zero attached hydrogens (tertiary/aromatic N) is 1. The van der Waals surface area contributed by atoms with Gasteiger partial charge in [-0.2, -0.15) is 5.10 Å². The van der Waals surface area contributed by atoms with Crippen molar-refractivity contribution in [3.8, 4) is 5.75 Å². The van der Waals surface area contributed by atoms with E-state index in [2.05, 4.69) is 15.5 Å². The molecule has 128 valence electrons. The topological polar surface area (TPSA) is 76.2 Å². The number of ether oxygens (including phenoxy) is 2. The number of carbonyl (C=O) groups excluding carboxylic acids is 1. The van der Waals surface area contributed by atoms with Crippen molar-refractivity contribution in [2.75, 3.05) is 18.5 Å². The second kappa shape index (κ2) is 6.94. The molecule has 1 saturated heterocycles. The van der Waals surface area contributed by atoms with E-state index in [1.54, 1.807) is 6.20 Å². The van der Waals surface area contributed by atoms with E-state index in [-0.39, 0.29) is 18.4 Å². The van der Waals surface area contributed by atoms with Gasteiger partial charge in [-0.1, -0.05) is 18.2 Å². The Morgan fingerprint density at radius 1 is 1.32 bits per heavy atom. The van der Waals surface area contributed by atoms with Gasteiger partial charge in [0.1, 0.15) is 11.9 Å². The molecule has 4 rings (SSSR count). The fourth-order valence-electron chi connectivity index (χ4n) is 2.95. The first kappa shape index (κ1) is 15.7. The number of carbonyl (C=O) groups is 1. The summed E-state index contributed by atoms with van der Waals surface area (Å²) >= 11 is 0. The molecule has 2 heterocycles. The maximum absolute atomic E-state index is 12.4. The molecular weight excluding hydrogens is 318 g/mol. The number of anilines is 1. The fraction of sp³-hybridized carbons (Fsp3) is 0.263. The predicted octanol–water partition coefficient (Wildman–Crippen LogP) is 2.91. The van der Waals surface area contributed by atoms with Gasteiger partial charge >= 0.3 is 0 Å². The Bertz CT molecular complexity index is 884. The van der Waals surface area contributed by atoms with Crippen LogP contribution in [0.2, 0.25) is 0 Å². The van der Waals surface area contributed by atoms with Crippen LogP contribution in [0, 0.1) is 0 Å². The summed E-state index contributed by atoms with van der Waals surface area (Å²) in [5.41, 5.74) is 2.56.